The molecule has 0 saturated carbocycles. The molecule has 0 fully saturated rings. The molecule has 0 radical (unpaired) electrons. The maximum Gasteiger partial charge on any atom is 0.240 e. The third-order valence-electron chi connectivity index (χ3n) is 3.70. The minimum Gasteiger partial charge on any atom is -0.493 e. The second-order valence-electron chi connectivity index (χ2n) is 5.92. The minimum atomic E-state index is -0.381. The van der Waals surface area contributed by atoms with Crippen LogP contribution in [0.1, 0.15) is 30.9 Å². The average molecular weight is 422 g/mol. The van der Waals surface area contributed by atoms with E-state index in [2.05, 4.69) is 15.8 Å². The van der Waals surface area contributed by atoms with Crippen LogP contribution in [-0.2, 0) is 9.59 Å². The van der Waals surface area contributed by atoms with Crippen LogP contribution in [0, 0.1) is 6.92 Å². The largest absolute Gasteiger partial charge is 0.493 e. The number of nitrogens with zero attached hydrogens (tertiary/aromatic N) is 1. The van der Waals surface area contributed by atoms with Crippen molar-refractivity contribution in [1.82, 2.24) is 5.43 Å². The Bertz CT molecular complexity index is 885. The quantitative estimate of drug-likeness (QED) is 0.483. The van der Waals surface area contributed by atoms with Gasteiger partial charge in [-0.1, -0.05) is 29.3 Å². The molecule has 2 amide bonds. The summed E-state index contributed by atoms with van der Waals surface area (Å²) in [4.78, 5) is 23.8. The van der Waals surface area contributed by atoms with E-state index >= 15 is 0 Å². The van der Waals surface area contributed by atoms with E-state index in [-0.39, 0.29) is 24.7 Å². The Morgan fingerprint density at radius 3 is 2.57 bits per heavy atom. The molecule has 0 aliphatic carbocycles. The Hall–Kier alpha value is -2.57. The molecule has 0 atom stereocenters. The fraction of sp³-hybridized carbons (Fsp3) is 0.250. The standard InChI is InChI=1S/C20H21Cl2N3O3/c1-3-28-18-7-5-15(21)10-14(18)12-23-25-20(27)9-8-19(26)24-16-6-4-13(2)17(22)11-16/h4-7,10-12H,3,8-9H2,1-2H3,(H,24,26)(H,25,27). The fourth-order valence-corrected chi connectivity index (χ4v) is 2.62. The second-order valence-corrected chi connectivity index (χ2v) is 6.76. The van der Waals surface area contributed by atoms with Gasteiger partial charge in [0.15, 0.2) is 0 Å². The summed E-state index contributed by atoms with van der Waals surface area (Å²) in [7, 11) is 0. The lowest BCUT2D eigenvalue weighted by molar-refractivity contribution is -0.124. The lowest BCUT2D eigenvalue weighted by atomic mass is 10.2. The van der Waals surface area contributed by atoms with Crippen LogP contribution in [0.2, 0.25) is 10.0 Å². The van der Waals surface area contributed by atoms with Crippen molar-refractivity contribution >= 4 is 46.9 Å². The van der Waals surface area contributed by atoms with Gasteiger partial charge >= 0.3 is 0 Å². The number of anilines is 1. The summed E-state index contributed by atoms with van der Waals surface area (Å²) in [5.41, 5.74) is 4.54. The highest BCUT2D eigenvalue weighted by atomic mass is 35.5. The average Bonchev–Trinajstić information content (AvgIpc) is 2.65. The van der Waals surface area contributed by atoms with E-state index in [0.717, 1.165) is 5.56 Å². The zero-order valence-electron chi connectivity index (χ0n) is 15.6. The van der Waals surface area contributed by atoms with Crippen LogP contribution >= 0.6 is 23.2 Å². The molecule has 0 aliphatic rings. The maximum atomic E-state index is 12.0. The van der Waals surface area contributed by atoms with Crippen molar-refractivity contribution in [3.63, 3.8) is 0 Å². The van der Waals surface area contributed by atoms with Gasteiger partial charge in [0.1, 0.15) is 5.75 Å². The third-order valence-corrected chi connectivity index (χ3v) is 4.34. The van der Waals surface area contributed by atoms with Crippen molar-refractivity contribution in [3.05, 3.63) is 57.6 Å². The van der Waals surface area contributed by atoms with E-state index in [9.17, 15) is 9.59 Å². The van der Waals surface area contributed by atoms with E-state index in [1.165, 1.54) is 6.21 Å². The summed E-state index contributed by atoms with van der Waals surface area (Å²) in [6, 6.07) is 10.4. The van der Waals surface area contributed by atoms with Crippen LogP contribution in [0.5, 0.6) is 5.75 Å². The first-order valence-electron chi connectivity index (χ1n) is 8.69. The molecular formula is C20H21Cl2N3O3. The number of nitrogens with one attached hydrogen (secondary N) is 2. The van der Waals surface area contributed by atoms with E-state index < -0.39 is 0 Å². The topological polar surface area (TPSA) is 79.8 Å². The molecule has 28 heavy (non-hydrogen) atoms. The SMILES string of the molecule is CCOc1ccc(Cl)cc1C=NNC(=O)CCC(=O)Nc1ccc(C)c(Cl)c1. The van der Waals surface area contributed by atoms with Crippen molar-refractivity contribution in [2.75, 3.05) is 11.9 Å². The Morgan fingerprint density at radius 1 is 1.11 bits per heavy atom. The number of rotatable bonds is 8. The maximum absolute atomic E-state index is 12.0. The first kappa shape index (κ1) is 21.7. The summed E-state index contributed by atoms with van der Waals surface area (Å²) < 4.78 is 5.48. The Balaban J connectivity index is 1.82. The normalized spacial score (nSPS) is 10.7. The molecule has 0 aliphatic heterocycles. The van der Waals surface area contributed by atoms with Gasteiger partial charge in [-0.2, -0.15) is 5.10 Å². The van der Waals surface area contributed by atoms with Gasteiger partial charge in [-0.25, -0.2) is 5.43 Å². The van der Waals surface area contributed by atoms with Crippen LogP contribution < -0.4 is 15.5 Å². The highest BCUT2D eigenvalue weighted by Gasteiger charge is 2.08. The van der Waals surface area contributed by atoms with Gasteiger partial charge in [0, 0.05) is 34.1 Å². The van der Waals surface area contributed by atoms with Crippen molar-refractivity contribution in [2.45, 2.75) is 26.7 Å². The van der Waals surface area contributed by atoms with Gasteiger partial charge in [0.25, 0.3) is 0 Å². The van der Waals surface area contributed by atoms with Crippen LogP contribution in [-0.4, -0.2) is 24.6 Å². The fourth-order valence-electron chi connectivity index (χ4n) is 2.26. The molecule has 0 bridgehead atoms. The van der Waals surface area contributed by atoms with Gasteiger partial charge in [-0.05, 0) is 49.7 Å². The van der Waals surface area contributed by atoms with Crippen molar-refractivity contribution in [2.24, 2.45) is 5.10 Å². The first-order valence-corrected chi connectivity index (χ1v) is 9.45. The monoisotopic (exact) mass is 421 g/mol. The number of carbonyl (C=O) groups excluding carboxylic acids is 2. The summed E-state index contributed by atoms with van der Waals surface area (Å²) in [6.07, 6.45) is 1.47. The molecule has 2 aromatic rings. The molecule has 148 valence electrons. The Kier molecular flexibility index (Phi) is 8.29. The van der Waals surface area contributed by atoms with Gasteiger partial charge in [0.2, 0.25) is 11.8 Å². The molecule has 2 aromatic carbocycles. The molecule has 0 heterocycles. The number of amides is 2. The number of hydrazone groups is 1. The molecule has 2 N–H and O–H groups in total. The predicted molar refractivity (Wildman–Crippen MR) is 112 cm³/mol. The van der Waals surface area contributed by atoms with Crippen LogP contribution in [0.25, 0.3) is 0 Å². The van der Waals surface area contributed by atoms with Gasteiger partial charge < -0.3 is 10.1 Å². The van der Waals surface area contributed by atoms with Crippen LogP contribution in [0.3, 0.4) is 0 Å². The molecule has 0 saturated heterocycles. The second kappa shape index (κ2) is 10.7. The summed E-state index contributed by atoms with van der Waals surface area (Å²) >= 11 is 12.0. The Labute approximate surface area is 173 Å². The lowest BCUT2D eigenvalue weighted by Crippen LogP contribution is -2.20. The van der Waals surface area contributed by atoms with Crippen molar-refractivity contribution in [3.8, 4) is 5.75 Å². The summed E-state index contributed by atoms with van der Waals surface area (Å²) in [6.45, 7) is 4.24. The lowest BCUT2D eigenvalue weighted by Gasteiger charge is -2.07. The molecule has 0 aromatic heterocycles. The molecule has 2 rings (SSSR count). The third kappa shape index (κ3) is 6.87. The van der Waals surface area contributed by atoms with Gasteiger partial charge in [-0.15, -0.1) is 0 Å². The first-order chi connectivity index (χ1) is 13.4. The molecule has 0 spiro atoms. The number of benzene rings is 2. The number of hydrogen-bond acceptors (Lipinski definition) is 4. The highest BCUT2D eigenvalue weighted by molar-refractivity contribution is 6.31. The van der Waals surface area contributed by atoms with E-state index in [0.29, 0.717) is 33.7 Å². The number of carbonyl (C=O) groups is 2. The van der Waals surface area contributed by atoms with E-state index in [4.69, 9.17) is 27.9 Å². The predicted octanol–water partition coefficient (Wildman–Crippen LogP) is 4.57. The number of ether oxygens (including phenoxy) is 1. The van der Waals surface area contributed by atoms with Gasteiger partial charge in [0.05, 0.1) is 12.8 Å². The van der Waals surface area contributed by atoms with E-state index in [1.807, 2.05) is 19.9 Å². The minimum absolute atomic E-state index is 0.00334. The Morgan fingerprint density at radius 2 is 1.86 bits per heavy atom. The molecule has 6 nitrogen and oxygen atoms in total. The van der Waals surface area contributed by atoms with E-state index in [1.54, 1.807) is 30.3 Å². The van der Waals surface area contributed by atoms with Crippen LogP contribution in [0.4, 0.5) is 5.69 Å². The zero-order chi connectivity index (χ0) is 20.5. The van der Waals surface area contributed by atoms with Crippen molar-refractivity contribution in [1.29, 1.82) is 0 Å². The zero-order valence-corrected chi connectivity index (χ0v) is 17.1. The van der Waals surface area contributed by atoms with Gasteiger partial charge in [-0.3, -0.25) is 9.59 Å². The number of halogens is 2. The molecular weight excluding hydrogens is 401 g/mol. The highest BCUT2D eigenvalue weighted by Crippen LogP contribution is 2.21. The summed E-state index contributed by atoms with van der Waals surface area (Å²) in [5, 5.41) is 7.70. The van der Waals surface area contributed by atoms with Crippen LogP contribution in [0.15, 0.2) is 41.5 Å². The molecule has 0 unspecified atom stereocenters. The van der Waals surface area contributed by atoms with Crippen molar-refractivity contribution < 1.29 is 14.3 Å². The molecule has 8 heteroatoms. The summed E-state index contributed by atoms with van der Waals surface area (Å²) in [5.74, 6) is -0.0538. The smallest absolute Gasteiger partial charge is 0.240 e. The number of hydrogen-bond donors (Lipinski definition) is 2. The number of aryl methyl sites for hydroxylation is 1.